The molecular weight excluding hydrogens is 190 g/mol. The average molecular weight is 213 g/mol. The number of ether oxygens (including phenoxy) is 2. The molecule has 88 valence electrons. The second-order valence-electron chi connectivity index (χ2n) is 4.77. The molecule has 15 heavy (non-hydrogen) atoms. The molecule has 1 N–H and O–H groups in total. The number of hydrogen-bond donors (Lipinski definition) is 1. The Labute approximate surface area is 92.5 Å². The molecule has 0 amide bonds. The largest absolute Gasteiger partial charge is 0.381 e. The first-order valence-corrected chi connectivity index (χ1v) is 6.24. The highest BCUT2D eigenvalue weighted by atomic mass is 16.5. The van der Waals surface area contributed by atoms with Crippen LogP contribution in [0.2, 0.25) is 0 Å². The van der Waals surface area contributed by atoms with E-state index in [2.05, 4.69) is 12.4 Å². The molecule has 2 aliphatic rings. The van der Waals surface area contributed by atoms with Crippen molar-refractivity contribution in [3.63, 3.8) is 0 Å². The summed E-state index contributed by atoms with van der Waals surface area (Å²) in [7, 11) is 2.08. The van der Waals surface area contributed by atoms with Gasteiger partial charge < -0.3 is 14.8 Å². The maximum absolute atomic E-state index is 5.57. The summed E-state index contributed by atoms with van der Waals surface area (Å²) in [5, 5.41) is 3.48. The summed E-state index contributed by atoms with van der Waals surface area (Å²) in [5.74, 6) is 1.38. The number of hydrogen-bond acceptors (Lipinski definition) is 3. The van der Waals surface area contributed by atoms with Gasteiger partial charge in [0.25, 0.3) is 0 Å². The first-order valence-electron chi connectivity index (χ1n) is 6.24. The summed E-state index contributed by atoms with van der Waals surface area (Å²) in [6.07, 6.45) is 5.05. The Hall–Kier alpha value is -0.120. The molecule has 2 heterocycles. The third-order valence-corrected chi connectivity index (χ3v) is 3.74. The van der Waals surface area contributed by atoms with Crippen LogP contribution in [0.15, 0.2) is 0 Å². The van der Waals surface area contributed by atoms with Gasteiger partial charge in [-0.15, -0.1) is 0 Å². The van der Waals surface area contributed by atoms with Gasteiger partial charge in [-0.25, -0.2) is 0 Å². The molecule has 0 aromatic rings. The van der Waals surface area contributed by atoms with Gasteiger partial charge in [0, 0.05) is 19.3 Å². The maximum atomic E-state index is 5.57. The summed E-state index contributed by atoms with van der Waals surface area (Å²) in [5.41, 5.74) is 0. The predicted molar refractivity (Wildman–Crippen MR) is 59.9 cm³/mol. The molecule has 2 atom stereocenters. The third-order valence-electron chi connectivity index (χ3n) is 3.74. The quantitative estimate of drug-likeness (QED) is 0.769. The normalized spacial score (nSPS) is 35.0. The van der Waals surface area contributed by atoms with E-state index in [0.29, 0.717) is 17.9 Å². The summed E-state index contributed by atoms with van der Waals surface area (Å²) < 4.78 is 11.1. The van der Waals surface area contributed by atoms with Gasteiger partial charge in [-0.05, 0) is 44.6 Å². The Kier molecular flexibility index (Phi) is 4.42. The lowest BCUT2D eigenvalue weighted by Crippen LogP contribution is -2.46. The van der Waals surface area contributed by atoms with Crippen LogP contribution in [0.4, 0.5) is 0 Å². The van der Waals surface area contributed by atoms with Gasteiger partial charge in [-0.2, -0.15) is 0 Å². The highest BCUT2D eigenvalue weighted by Crippen LogP contribution is 2.27. The lowest BCUT2D eigenvalue weighted by molar-refractivity contribution is -0.00633. The second-order valence-corrected chi connectivity index (χ2v) is 4.77. The summed E-state index contributed by atoms with van der Waals surface area (Å²) in [6, 6.07) is 0.589. The van der Waals surface area contributed by atoms with E-state index in [1.54, 1.807) is 0 Å². The van der Waals surface area contributed by atoms with Crippen molar-refractivity contribution in [3.05, 3.63) is 0 Å². The minimum absolute atomic E-state index is 0.589. The first-order chi connectivity index (χ1) is 7.42. The predicted octanol–water partition coefficient (Wildman–Crippen LogP) is 1.43. The van der Waals surface area contributed by atoms with Gasteiger partial charge in [-0.3, -0.25) is 0 Å². The molecule has 2 aliphatic heterocycles. The van der Waals surface area contributed by atoms with Crippen molar-refractivity contribution in [2.45, 2.75) is 31.7 Å². The first kappa shape index (κ1) is 11.4. The zero-order valence-corrected chi connectivity index (χ0v) is 9.71. The van der Waals surface area contributed by atoms with E-state index in [-0.39, 0.29) is 0 Å². The highest BCUT2D eigenvalue weighted by molar-refractivity contribution is 4.84. The summed E-state index contributed by atoms with van der Waals surface area (Å²) in [4.78, 5) is 0. The van der Waals surface area contributed by atoms with E-state index in [4.69, 9.17) is 9.47 Å². The SMILES string of the molecule is CNC(C1CCCOC1)C1CCCOC1. The van der Waals surface area contributed by atoms with Crippen LogP contribution in [0, 0.1) is 11.8 Å². The second kappa shape index (κ2) is 5.83. The van der Waals surface area contributed by atoms with Crippen molar-refractivity contribution in [2.75, 3.05) is 33.5 Å². The molecule has 0 saturated carbocycles. The number of rotatable bonds is 3. The zero-order chi connectivity index (χ0) is 10.5. The van der Waals surface area contributed by atoms with Crippen molar-refractivity contribution in [3.8, 4) is 0 Å². The maximum Gasteiger partial charge on any atom is 0.0509 e. The molecule has 0 aliphatic carbocycles. The van der Waals surface area contributed by atoms with E-state index in [9.17, 15) is 0 Å². The highest BCUT2D eigenvalue weighted by Gasteiger charge is 2.30. The van der Waals surface area contributed by atoms with Crippen LogP contribution in [0.1, 0.15) is 25.7 Å². The van der Waals surface area contributed by atoms with E-state index >= 15 is 0 Å². The molecule has 0 radical (unpaired) electrons. The van der Waals surface area contributed by atoms with Gasteiger partial charge in [0.1, 0.15) is 0 Å². The molecule has 0 aromatic heterocycles. The van der Waals surface area contributed by atoms with Gasteiger partial charge in [0.2, 0.25) is 0 Å². The van der Waals surface area contributed by atoms with Crippen LogP contribution in [0.3, 0.4) is 0 Å². The molecule has 3 heteroatoms. The van der Waals surface area contributed by atoms with Crippen molar-refractivity contribution < 1.29 is 9.47 Å². The van der Waals surface area contributed by atoms with Crippen LogP contribution in [-0.4, -0.2) is 39.5 Å². The zero-order valence-electron chi connectivity index (χ0n) is 9.71. The standard InChI is InChI=1S/C12H23NO2/c1-13-12(10-4-2-6-14-8-10)11-5-3-7-15-9-11/h10-13H,2-9H2,1H3. The molecule has 2 rings (SSSR count). The Bertz CT molecular complexity index is 156. The van der Waals surface area contributed by atoms with E-state index in [1.807, 2.05) is 0 Å². The van der Waals surface area contributed by atoms with E-state index < -0.39 is 0 Å². The molecular formula is C12H23NO2. The molecule has 2 unspecified atom stereocenters. The minimum atomic E-state index is 0.589. The van der Waals surface area contributed by atoms with Crippen LogP contribution in [-0.2, 0) is 9.47 Å². The van der Waals surface area contributed by atoms with Crippen molar-refractivity contribution in [1.29, 1.82) is 0 Å². The van der Waals surface area contributed by atoms with Crippen LogP contribution in [0.25, 0.3) is 0 Å². The monoisotopic (exact) mass is 213 g/mol. The summed E-state index contributed by atoms with van der Waals surface area (Å²) >= 11 is 0. The Morgan fingerprint density at radius 3 is 1.87 bits per heavy atom. The van der Waals surface area contributed by atoms with Crippen LogP contribution in [0.5, 0.6) is 0 Å². The topological polar surface area (TPSA) is 30.5 Å². The van der Waals surface area contributed by atoms with Gasteiger partial charge in [0.05, 0.1) is 13.2 Å². The molecule has 0 aromatic carbocycles. The Balaban J connectivity index is 1.88. The van der Waals surface area contributed by atoms with E-state index in [1.165, 1.54) is 25.7 Å². The van der Waals surface area contributed by atoms with Crippen molar-refractivity contribution in [1.82, 2.24) is 5.32 Å². The lowest BCUT2D eigenvalue weighted by Gasteiger charge is -2.37. The van der Waals surface area contributed by atoms with Crippen LogP contribution >= 0.6 is 0 Å². The van der Waals surface area contributed by atoms with Crippen LogP contribution < -0.4 is 5.32 Å². The lowest BCUT2D eigenvalue weighted by atomic mass is 9.82. The van der Waals surface area contributed by atoms with Gasteiger partial charge in [-0.1, -0.05) is 0 Å². The average Bonchev–Trinajstić information content (AvgIpc) is 2.33. The molecule has 0 spiro atoms. The summed E-state index contributed by atoms with van der Waals surface area (Å²) in [6.45, 7) is 3.77. The molecule has 2 saturated heterocycles. The fraction of sp³-hybridized carbons (Fsp3) is 1.00. The Morgan fingerprint density at radius 1 is 1.00 bits per heavy atom. The fourth-order valence-corrected chi connectivity index (χ4v) is 2.95. The van der Waals surface area contributed by atoms with Gasteiger partial charge >= 0.3 is 0 Å². The fourth-order valence-electron chi connectivity index (χ4n) is 2.95. The smallest absolute Gasteiger partial charge is 0.0509 e. The van der Waals surface area contributed by atoms with Crippen molar-refractivity contribution >= 4 is 0 Å². The van der Waals surface area contributed by atoms with Gasteiger partial charge in [0.15, 0.2) is 0 Å². The Morgan fingerprint density at radius 2 is 1.53 bits per heavy atom. The minimum Gasteiger partial charge on any atom is -0.381 e. The molecule has 3 nitrogen and oxygen atoms in total. The van der Waals surface area contributed by atoms with E-state index in [0.717, 1.165) is 26.4 Å². The number of nitrogens with one attached hydrogen (secondary N) is 1. The molecule has 2 fully saturated rings. The van der Waals surface area contributed by atoms with Crippen molar-refractivity contribution in [2.24, 2.45) is 11.8 Å². The third kappa shape index (κ3) is 2.92. The molecule has 0 bridgehead atoms.